The number of nitrogens with two attached hydrogens (primary N) is 1. The normalized spacial score (nSPS) is 12.4. The number of hydrogen-bond donors (Lipinski definition) is 1. The van der Waals surface area contributed by atoms with Gasteiger partial charge in [-0.1, -0.05) is 5.16 Å². The minimum atomic E-state index is -0.740. The molecule has 8 heteroatoms. The average Bonchev–Trinajstić information content (AvgIpc) is 2.75. The highest BCUT2D eigenvalue weighted by atomic mass is 19.1. The number of nitro groups is 1. The van der Waals surface area contributed by atoms with Gasteiger partial charge in [-0.2, -0.15) is 4.98 Å². The standard InChI is InChI=1S/C11H11FN4O3/c1-6(13)2-10-14-11(19-15-10)7-3-8(12)5-9(4-7)16(17)18/h3-6H,2,13H2,1H3. The molecule has 1 unspecified atom stereocenters. The number of halogens is 1. The summed E-state index contributed by atoms with van der Waals surface area (Å²) < 4.78 is 18.2. The molecule has 7 nitrogen and oxygen atoms in total. The molecular weight excluding hydrogens is 255 g/mol. The van der Waals surface area contributed by atoms with Gasteiger partial charge in [0.05, 0.1) is 11.0 Å². The average molecular weight is 266 g/mol. The molecule has 0 amide bonds. The first kappa shape index (κ1) is 13.1. The summed E-state index contributed by atoms with van der Waals surface area (Å²) in [5.41, 5.74) is 5.38. The molecule has 19 heavy (non-hydrogen) atoms. The lowest BCUT2D eigenvalue weighted by Crippen LogP contribution is -2.18. The van der Waals surface area contributed by atoms with Gasteiger partial charge in [0.1, 0.15) is 5.82 Å². The number of benzene rings is 1. The van der Waals surface area contributed by atoms with Crippen molar-refractivity contribution >= 4 is 5.69 Å². The molecule has 1 heterocycles. The van der Waals surface area contributed by atoms with Crippen molar-refractivity contribution in [2.45, 2.75) is 19.4 Å². The van der Waals surface area contributed by atoms with E-state index in [9.17, 15) is 14.5 Å². The van der Waals surface area contributed by atoms with Gasteiger partial charge in [-0.05, 0) is 13.0 Å². The second-order valence-electron chi connectivity index (χ2n) is 4.15. The van der Waals surface area contributed by atoms with Crippen LogP contribution in [0.4, 0.5) is 10.1 Å². The molecule has 0 aliphatic heterocycles. The van der Waals surface area contributed by atoms with Crippen molar-refractivity contribution in [3.8, 4) is 11.5 Å². The van der Waals surface area contributed by atoms with Crippen LogP contribution < -0.4 is 5.73 Å². The third-order valence-electron chi connectivity index (χ3n) is 2.31. The molecule has 2 aromatic rings. The maximum absolute atomic E-state index is 13.3. The fourth-order valence-electron chi connectivity index (χ4n) is 1.55. The molecule has 0 aliphatic carbocycles. The van der Waals surface area contributed by atoms with Gasteiger partial charge in [-0.3, -0.25) is 10.1 Å². The van der Waals surface area contributed by atoms with Gasteiger partial charge in [0, 0.05) is 24.1 Å². The van der Waals surface area contributed by atoms with Crippen molar-refractivity contribution in [2.75, 3.05) is 0 Å². The first-order chi connectivity index (χ1) is 8.95. The summed E-state index contributed by atoms with van der Waals surface area (Å²) in [6, 6.07) is 2.94. The van der Waals surface area contributed by atoms with Crippen LogP contribution in [0.3, 0.4) is 0 Å². The highest BCUT2D eigenvalue weighted by Crippen LogP contribution is 2.24. The topological polar surface area (TPSA) is 108 Å². The molecule has 100 valence electrons. The largest absolute Gasteiger partial charge is 0.334 e. The van der Waals surface area contributed by atoms with Crippen molar-refractivity contribution in [3.05, 3.63) is 40.0 Å². The zero-order chi connectivity index (χ0) is 14.0. The lowest BCUT2D eigenvalue weighted by molar-refractivity contribution is -0.385. The van der Waals surface area contributed by atoms with Gasteiger partial charge < -0.3 is 10.3 Å². The molecule has 0 spiro atoms. The van der Waals surface area contributed by atoms with Crippen LogP contribution in [0.25, 0.3) is 11.5 Å². The second kappa shape index (κ2) is 5.11. The number of nitro benzene ring substituents is 1. The summed E-state index contributed by atoms with van der Waals surface area (Å²) in [7, 11) is 0. The minimum Gasteiger partial charge on any atom is -0.334 e. The van der Waals surface area contributed by atoms with Gasteiger partial charge in [-0.15, -0.1) is 0 Å². The Morgan fingerprint density at radius 3 is 2.89 bits per heavy atom. The van der Waals surface area contributed by atoms with Gasteiger partial charge in [-0.25, -0.2) is 4.39 Å². The second-order valence-corrected chi connectivity index (χ2v) is 4.15. The number of nitrogens with zero attached hydrogens (tertiary/aromatic N) is 3. The minimum absolute atomic E-state index is 0.0262. The molecule has 0 fully saturated rings. The highest BCUT2D eigenvalue weighted by Gasteiger charge is 2.16. The summed E-state index contributed by atoms with van der Waals surface area (Å²) >= 11 is 0. The molecule has 1 aromatic heterocycles. The van der Waals surface area contributed by atoms with E-state index in [-0.39, 0.29) is 23.2 Å². The summed E-state index contributed by atoms with van der Waals surface area (Å²) in [5.74, 6) is -0.341. The summed E-state index contributed by atoms with van der Waals surface area (Å²) in [6.45, 7) is 1.78. The van der Waals surface area contributed by atoms with E-state index in [0.717, 1.165) is 12.1 Å². The smallest absolute Gasteiger partial charge is 0.273 e. The predicted molar refractivity (Wildman–Crippen MR) is 63.7 cm³/mol. The van der Waals surface area contributed by atoms with Crippen molar-refractivity contribution in [2.24, 2.45) is 5.73 Å². The van der Waals surface area contributed by atoms with E-state index in [1.54, 1.807) is 6.92 Å². The van der Waals surface area contributed by atoms with Crippen LogP contribution in [-0.4, -0.2) is 21.1 Å². The van der Waals surface area contributed by atoms with Gasteiger partial charge in [0.15, 0.2) is 5.82 Å². The summed E-state index contributed by atoms with van der Waals surface area (Å²) in [4.78, 5) is 14.0. The Labute approximate surface area is 107 Å². The van der Waals surface area contributed by atoms with Gasteiger partial charge in [0.2, 0.25) is 0 Å². The monoisotopic (exact) mass is 266 g/mol. The lowest BCUT2D eigenvalue weighted by atomic mass is 10.2. The Morgan fingerprint density at radius 2 is 2.26 bits per heavy atom. The Morgan fingerprint density at radius 1 is 1.53 bits per heavy atom. The number of non-ortho nitro benzene ring substituents is 1. The quantitative estimate of drug-likeness (QED) is 0.666. The van der Waals surface area contributed by atoms with Crippen molar-refractivity contribution in [3.63, 3.8) is 0 Å². The van der Waals surface area contributed by atoms with E-state index in [2.05, 4.69) is 10.1 Å². The lowest BCUT2D eigenvalue weighted by Gasteiger charge is -1.97. The first-order valence-corrected chi connectivity index (χ1v) is 5.49. The van der Waals surface area contributed by atoms with E-state index in [1.807, 2.05) is 0 Å². The first-order valence-electron chi connectivity index (χ1n) is 5.49. The Kier molecular flexibility index (Phi) is 3.52. The highest BCUT2D eigenvalue weighted by molar-refractivity contribution is 5.57. The van der Waals surface area contributed by atoms with Crippen LogP contribution in [0.2, 0.25) is 0 Å². The van der Waals surface area contributed by atoms with E-state index in [4.69, 9.17) is 10.3 Å². The molecule has 1 aromatic carbocycles. The fourth-order valence-corrected chi connectivity index (χ4v) is 1.55. The van der Waals surface area contributed by atoms with E-state index in [0.29, 0.717) is 12.2 Å². The van der Waals surface area contributed by atoms with Gasteiger partial charge in [0.25, 0.3) is 11.6 Å². The molecule has 0 aliphatic rings. The summed E-state index contributed by atoms with van der Waals surface area (Å²) in [6.07, 6.45) is 0.404. The van der Waals surface area contributed by atoms with Crippen LogP contribution in [-0.2, 0) is 6.42 Å². The molecular formula is C11H11FN4O3. The molecule has 0 saturated carbocycles. The Balaban J connectivity index is 2.36. The molecule has 2 rings (SSSR count). The van der Waals surface area contributed by atoms with E-state index < -0.39 is 10.7 Å². The zero-order valence-electron chi connectivity index (χ0n) is 10.0. The van der Waals surface area contributed by atoms with Crippen LogP contribution in [0.1, 0.15) is 12.7 Å². The zero-order valence-corrected chi connectivity index (χ0v) is 10.0. The van der Waals surface area contributed by atoms with Gasteiger partial charge >= 0.3 is 0 Å². The maximum Gasteiger partial charge on any atom is 0.273 e. The van der Waals surface area contributed by atoms with E-state index >= 15 is 0 Å². The molecule has 0 saturated heterocycles. The SMILES string of the molecule is CC(N)Cc1noc(-c2cc(F)cc([N+](=O)[O-])c2)n1. The van der Waals surface area contributed by atoms with Crippen LogP contribution >= 0.6 is 0 Å². The van der Waals surface area contributed by atoms with Crippen molar-refractivity contribution in [1.82, 2.24) is 10.1 Å². The predicted octanol–water partition coefficient (Wildman–Crippen LogP) is 1.67. The summed E-state index contributed by atoms with van der Waals surface area (Å²) in [5, 5.41) is 14.3. The molecule has 2 N–H and O–H groups in total. The van der Waals surface area contributed by atoms with Crippen molar-refractivity contribution < 1.29 is 13.8 Å². The number of rotatable bonds is 4. The third kappa shape index (κ3) is 3.10. The molecule has 0 radical (unpaired) electrons. The Hall–Kier alpha value is -2.35. The van der Waals surface area contributed by atoms with Crippen molar-refractivity contribution in [1.29, 1.82) is 0 Å². The molecule has 0 bridgehead atoms. The third-order valence-corrected chi connectivity index (χ3v) is 2.31. The van der Waals surface area contributed by atoms with Crippen LogP contribution in [0.15, 0.2) is 22.7 Å². The number of aromatic nitrogens is 2. The fraction of sp³-hybridized carbons (Fsp3) is 0.273. The maximum atomic E-state index is 13.3. The van der Waals surface area contributed by atoms with Crippen LogP contribution in [0.5, 0.6) is 0 Å². The Bertz CT molecular complexity index is 612. The van der Waals surface area contributed by atoms with E-state index in [1.165, 1.54) is 6.07 Å². The molecule has 1 atom stereocenters. The van der Waals surface area contributed by atoms with Crippen LogP contribution in [0, 0.1) is 15.9 Å². The number of hydrogen-bond acceptors (Lipinski definition) is 6.